The number of rotatable bonds is 5. The maximum Gasteiger partial charge on any atom is 0.238 e. The molecule has 0 aliphatic heterocycles. The first-order chi connectivity index (χ1) is 10.8. The van der Waals surface area contributed by atoms with Gasteiger partial charge in [0.2, 0.25) is 10.0 Å². The molecule has 2 atom stereocenters. The molecule has 122 valence electrons. The predicted molar refractivity (Wildman–Crippen MR) is 90.4 cm³/mol. The van der Waals surface area contributed by atoms with Crippen LogP contribution in [-0.2, 0) is 16.4 Å². The summed E-state index contributed by atoms with van der Waals surface area (Å²) in [4.78, 5) is 4.22. The molecular weight excluding hydrogens is 308 g/mol. The van der Waals surface area contributed by atoms with Crippen LogP contribution in [0.15, 0.2) is 53.7 Å². The van der Waals surface area contributed by atoms with E-state index in [2.05, 4.69) is 31.0 Å². The van der Waals surface area contributed by atoms with Crippen molar-refractivity contribution in [1.82, 2.24) is 4.98 Å². The Bertz CT molecular complexity index is 784. The molecule has 2 aromatic rings. The number of aryl methyl sites for hydroxylation is 1. The van der Waals surface area contributed by atoms with E-state index in [0.717, 1.165) is 12.8 Å². The van der Waals surface area contributed by atoms with Crippen LogP contribution < -0.4 is 5.14 Å². The molecule has 1 aromatic heterocycles. The van der Waals surface area contributed by atoms with Crippen LogP contribution >= 0.6 is 0 Å². The van der Waals surface area contributed by atoms with Gasteiger partial charge in [-0.1, -0.05) is 26.0 Å². The second-order valence-electron chi connectivity index (χ2n) is 6.91. The highest BCUT2D eigenvalue weighted by molar-refractivity contribution is 7.89. The van der Waals surface area contributed by atoms with E-state index in [-0.39, 0.29) is 10.3 Å². The number of primary sulfonamides is 1. The lowest BCUT2D eigenvalue weighted by atomic mass is 10.0. The number of pyridine rings is 1. The second-order valence-corrected chi connectivity index (χ2v) is 8.48. The Kier molecular flexibility index (Phi) is 4.02. The Morgan fingerprint density at radius 1 is 1.09 bits per heavy atom. The first-order valence-electron chi connectivity index (χ1n) is 7.82. The van der Waals surface area contributed by atoms with Gasteiger partial charge in [0.05, 0.1) is 4.90 Å². The fourth-order valence-electron chi connectivity index (χ4n) is 3.68. The van der Waals surface area contributed by atoms with Gasteiger partial charge in [0.15, 0.2) is 0 Å². The molecule has 0 saturated heterocycles. The minimum atomic E-state index is -3.62. The van der Waals surface area contributed by atoms with Gasteiger partial charge in [-0.15, -0.1) is 0 Å². The molecule has 1 saturated carbocycles. The average molecular weight is 330 g/mol. The zero-order valence-corrected chi connectivity index (χ0v) is 14.3. The van der Waals surface area contributed by atoms with Crippen molar-refractivity contribution in [3.05, 3.63) is 59.9 Å². The van der Waals surface area contributed by atoms with Crippen LogP contribution in [0.2, 0.25) is 0 Å². The van der Waals surface area contributed by atoms with Crippen molar-refractivity contribution in [2.24, 2.45) is 16.5 Å². The van der Waals surface area contributed by atoms with Gasteiger partial charge in [0.25, 0.3) is 0 Å². The minimum absolute atomic E-state index is 0.174. The molecule has 1 aromatic carbocycles. The number of benzene rings is 1. The van der Waals surface area contributed by atoms with Crippen LogP contribution in [0.3, 0.4) is 0 Å². The Morgan fingerprint density at radius 2 is 1.70 bits per heavy atom. The number of nitrogens with zero attached hydrogens (tertiary/aromatic N) is 1. The third-order valence-corrected chi connectivity index (χ3v) is 6.04. The second kappa shape index (κ2) is 5.73. The molecule has 1 aliphatic rings. The van der Waals surface area contributed by atoms with Crippen molar-refractivity contribution in [3.63, 3.8) is 0 Å². The van der Waals surface area contributed by atoms with E-state index in [1.54, 1.807) is 12.1 Å². The lowest BCUT2D eigenvalue weighted by molar-refractivity contribution is 0.530. The Balaban J connectivity index is 1.71. The van der Waals surface area contributed by atoms with E-state index in [1.807, 2.05) is 24.5 Å². The quantitative estimate of drug-likeness (QED) is 0.915. The molecule has 1 fully saturated rings. The summed E-state index contributed by atoms with van der Waals surface area (Å²) in [6, 6.07) is 11.1. The standard InChI is InChI=1S/C18H22N2O2S/c1-18(2)16(8-3-13-9-11-20-12-10-13)17(18)14-4-6-15(7-5-14)23(19,21)22/h4-7,9-12,16-17H,3,8H2,1-2H3,(H2,19,21,22). The smallest absolute Gasteiger partial charge is 0.238 e. The van der Waals surface area contributed by atoms with Gasteiger partial charge in [-0.2, -0.15) is 0 Å². The lowest BCUT2D eigenvalue weighted by Crippen LogP contribution is -2.11. The highest BCUT2D eigenvalue weighted by atomic mass is 32.2. The summed E-state index contributed by atoms with van der Waals surface area (Å²) in [6.45, 7) is 4.56. The van der Waals surface area contributed by atoms with Crippen molar-refractivity contribution < 1.29 is 8.42 Å². The number of nitrogens with two attached hydrogens (primary N) is 1. The van der Waals surface area contributed by atoms with Crippen molar-refractivity contribution >= 4 is 10.0 Å². The molecule has 5 heteroatoms. The van der Waals surface area contributed by atoms with E-state index in [1.165, 1.54) is 11.1 Å². The highest BCUT2D eigenvalue weighted by Crippen LogP contribution is 2.66. The minimum Gasteiger partial charge on any atom is -0.265 e. The molecule has 2 N–H and O–H groups in total. The third kappa shape index (κ3) is 3.31. The van der Waals surface area contributed by atoms with Gasteiger partial charge < -0.3 is 0 Å². The van der Waals surface area contributed by atoms with Gasteiger partial charge in [-0.3, -0.25) is 4.98 Å². The van der Waals surface area contributed by atoms with Gasteiger partial charge in [0, 0.05) is 12.4 Å². The molecule has 0 spiro atoms. The van der Waals surface area contributed by atoms with E-state index >= 15 is 0 Å². The maximum atomic E-state index is 11.4. The molecule has 4 nitrogen and oxygen atoms in total. The molecule has 23 heavy (non-hydrogen) atoms. The van der Waals surface area contributed by atoms with Crippen LogP contribution in [0, 0.1) is 11.3 Å². The normalized spacial score (nSPS) is 22.7. The van der Waals surface area contributed by atoms with Gasteiger partial charge in [-0.25, -0.2) is 13.6 Å². The SMILES string of the molecule is CC1(C)C(CCc2ccncc2)C1c1ccc(S(N)(=O)=O)cc1. The van der Waals surface area contributed by atoms with Crippen LogP contribution in [0.5, 0.6) is 0 Å². The fourth-order valence-corrected chi connectivity index (χ4v) is 4.20. The molecule has 1 aliphatic carbocycles. The molecule has 0 radical (unpaired) electrons. The van der Waals surface area contributed by atoms with Gasteiger partial charge in [0.1, 0.15) is 0 Å². The zero-order chi connectivity index (χ0) is 16.7. The van der Waals surface area contributed by atoms with Crippen LogP contribution in [-0.4, -0.2) is 13.4 Å². The fraction of sp³-hybridized carbons (Fsp3) is 0.389. The number of hydrogen-bond acceptors (Lipinski definition) is 3. The van der Waals surface area contributed by atoms with Crippen LogP contribution in [0.1, 0.15) is 37.3 Å². The van der Waals surface area contributed by atoms with Gasteiger partial charge in [-0.05, 0) is 65.5 Å². The summed E-state index contributed by atoms with van der Waals surface area (Å²) < 4.78 is 22.7. The van der Waals surface area contributed by atoms with Crippen molar-refractivity contribution in [2.45, 2.75) is 37.5 Å². The molecule has 0 amide bonds. The van der Waals surface area contributed by atoms with E-state index < -0.39 is 10.0 Å². The first kappa shape index (κ1) is 16.1. The number of hydrogen-bond donors (Lipinski definition) is 1. The third-order valence-electron chi connectivity index (χ3n) is 5.11. The molecule has 1 heterocycles. The first-order valence-corrected chi connectivity index (χ1v) is 9.36. The highest BCUT2D eigenvalue weighted by Gasteiger charge is 2.57. The molecular formula is C18H22N2O2S. The van der Waals surface area contributed by atoms with E-state index in [4.69, 9.17) is 5.14 Å². The van der Waals surface area contributed by atoms with Crippen molar-refractivity contribution in [2.75, 3.05) is 0 Å². The summed E-state index contributed by atoms with van der Waals surface area (Å²) in [6.07, 6.45) is 5.83. The Morgan fingerprint density at radius 3 is 2.26 bits per heavy atom. The summed E-state index contributed by atoms with van der Waals surface area (Å²) >= 11 is 0. The Hall–Kier alpha value is -1.72. The summed E-state index contributed by atoms with van der Waals surface area (Å²) in [7, 11) is -3.62. The molecule has 0 bridgehead atoms. The molecule has 3 rings (SSSR count). The number of aromatic nitrogens is 1. The topological polar surface area (TPSA) is 73.0 Å². The maximum absolute atomic E-state index is 11.4. The number of sulfonamides is 1. The average Bonchev–Trinajstić information content (AvgIpc) is 3.06. The zero-order valence-electron chi connectivity index (χ0n) is 13.4. The predicted octanol–water partition coefficient (Wildman–Crippen LogP) is 3.10. The Labute approximate surface area is 137 Å². The van der Waals surface area contributed by atoms with Crippen molar-refractivity contribution in [3.8, 4) is 0 Å². The van der Waals surface area contributed by atoms with E-state index in [0.29, 0.717) is 11.8 Å². The largest absolute Gasteiger partial charge is 0.265 e. The summed E-state index contributed by atoms with van der Waals surface area (Å²) in [5.74, 6) is 1.08. The monoisotopic (exact) mass is 330 g/mol. The van der Waals surface area contributed by atoms with E-state index in [9.17, 15) is 8.42 Å². The summed E-state index contributed by atoms with van der Waals surface area (Å²) in [5.41, 5.74) is 2.75. The van der Waals surface area contributed by atoms with Crippen LogP contribution in [0.4, 0.5) is 0 Å². The molecule has 2 unspecified atom stereocenters. The van der Waals surface area contributed by atoms with Crippen molar-refractivity contribution in [1.29, 1.82) is 0 Å². The van der Waals surface area contributed by atoms with Gasteiger partial charge >= 0.3 is 0 Å². The van der Waals surface area contributed by atoms with Crippen LogP contribution in [0.25, 0.3) is 0 Å². The summed E-state index contributed by atoms with van der Waals surface area (Å²) in [5, 5.41) is 5.16. The lowest BCUT2D eigenvalue weighted by Gasteiger charge is -2.04.